The number of morpholine rings is 1. The summed E-state index contributed by atoms with van der Waals surface area (Å²) < 4.78 is 5.48. The van der Waals surface area contributed by atoms with Gasteiger partial charge in [-0.3, -0.25) is 4.90 Å². The second-order valence-corrected chi connectivity index (χ2v) is 10.4. The van der Waals surface area contributed by atoms with Gasteiger partial charge < -0.3 is 15.0 Å². The smallest absolute Gasteiger partial charge is 0.322 e. The van der Waals surface area contributed by atoms with Gasteiger partial charge in [0.1, 0.15) is 0 Å². The number of amides is 2. The first kappa shape index (κ1) is 22.3. The van der Waals surface area contributed by atoms with Crippen LogP contribution in [0.3, 0.4) is 0 Å². The number of rotatable bonds is 7. The lowest BCUT2D eigenvalue weighted by Crippen LogP contribution is -2.51. The Morgan fingerprint density at radius 1 is 1.23 bits per heavy atom. The Morgan fingerprint density at radius 2 is 1.94 bits per heavy atom. The third kappa shape index (κ3) is 4.98. The van der Waals surface area contributed by atoms with E-state index in [1.807, 2.05) is 17.0 Å². The summed E-state index contributed by atoms with van der Waals surface area (Å²) >= 11 is 0. The molecule has 0 spiro atoms. The fraction of sp³-hybridized carbons (Fsp3) is 0.654. The SMILES string of the molecule is CC(C)c1ccc(NC(=O)N(CCN2CCOCC2)CC2=CCC3CC2C3(C)C)cc1. The van der Waals surface area contributed by atoms with Crippen molar-refractivity contribution < 1.29 is 9.53 Å². The van der Waals surface area contributed by atoms with Crippen molar-refractivity contribution in [1.82, 2.24) is 9.80 Å². The van der Waals surface area contributed by atoms with E-state index < -0.39 is 0 Å². The lowest BCUT2D eigenvalue weighted by molar-refractivity contribution is -0.00999. The molecular weight excluding hydrogens is 386 g/mol. The molecular formula is C26H39N3O2. The van der Waals surface area contributed by atoms with Gasteiger partial charge in [-0.2, -0.15) is 0 Å². The molecule has 1 aromatic rings. The second kappa shape index (κ2) is 9.33. The number of hydrogen-bond acceptors (Lipinski definition) is 3. The molecule has 1 saturated heterocycles. The van der Waals surface area contributed by atoms with Gasteiger partial charge in [-0.1, -0.05) is 51.5 Å². The van der Waals surface area contributed by atoms with Crippen molar-refractivity contribution >= 4 is 11.7 Å². The molecule has 2 unspecified atom stereocenters. The zero-order valence-electron chi connectivity index (χ0n) is 19.7. The van der Waals surface area contributed by atoms with Crippen molar-refractivity contribution in [3.63, 3.8) is 0 Å². The number of ether oxygens (including phenoxy) is 1. The number of allylic oxidation sites excluding steroid dienone is 1. The highest BCUT2D eigenvalue weighted by Gasteiger charge is 2.51. The molecule has 5 heteroatoms. The van der Waals surface area contributed by atoms with E-state index in [0.717, 1.165) is 64.0 Å². The number of anilines is 1. The van der Waals surface area contributed by atoms with E-state index in [0.29, 0.717) is 17.3 Å². The number of nitrogens with one attached hydrogen (secondary N) is 1. The van der Waals surface area contributed by atoms with Crippen molar-refractivity contribution in [2.24, 2.45) is 17.3 Å². The van der Waals surface area contributed by atoms with Crippen LogP contribution in [0.15, 0.2) is 35.9 Å². The minimum Gasteiger partial charge on any atom is -0.379 e. The van der Waals surface area contributed by atoms with E-state index in [4.69, 9.17) is 4.74 Å². The maximum atomic E-state index is 13.3. The van der Waals surface area contributed by atoms with Crippen LogP contribution in [0.25, 0.3) is 0 Å². The lowest BCUT2D eigenvalue weighted by Gasteiger charge is -2.57. The van der Waals surface area contributed by atoms with E-state index in [1.165, 1.54) is 17.6 Å². The monoisotopic (exact) mass is 425 g/mol. The van der Waals surface area contributed by atoms with Crippen LogP contribution in [0.1, 0.15) is 52.0 Å². The third-order valence-corrected chi connectivity index (χ3v) is 7.86. The van der Waals surface area contributed by atoms with Gasteiger partial charge in [0.15, 0.2) is 0 Å². The number of carbonyl (C=O) groups excluding carboxylic acids is 1. The number of urea groups is 1. The normalized spacial score (nSPS) is 25.0. The average Bonchev–Trinajstić information content (AvgIpc) is 2.77. The Morgan fingerprint density at radius 3 is 2.55 bits per heavy atom. The van der Waals surface area contributed by atoms with E-state index in [9.17, 15) is 4.79 Å². The van der Waals surface area contributed by atoms with Crippen LogP contribution >= 0.6 is 0 Å². The fourth-order valence-corrected chi connectivity index (χ4v) is 5.37. The Balaban J connectivity index is 1.43. The molecule has 170 valence electrons. The first-order chi connectivity index (χ1) is 14.8. The number of nitrogens with zero attached hydrogens (tertiary/aromatic N) is 2. The van der Waals surface area contributed by atoms with Gasteiger partial charge >= 0.3 is 6.03 Å². The predicted octanol–water partition coefficient (Wildman–Crippen LogP) is 4.97. The standard InChI is InChI=1S/C26H39N3O2/c1-19(2)20-6-9-23(10-7-20)27-25(30)29(12-11-28-13-15-31-16-14-28)18-21-5-8-22-17-24(21)26(22,3)4/h5-7,9-10,19,22,24H,8,11-18H2,1-4H3,(H,27,30). The first-order valence-electron chi connectivity index (χ1n) is 12.0. The van der Waals surface area contributed by atoms with Gasteiger partial charge in [-0.05, 0) is 53.7 Å². The van der Waals surface area contributed by atoms with Crippen LogP contribution in [0.2, 0.25) is 0 Å². The van der Waals surface area contributed by atoms with Gasteiger partial charge in [0.2, 0.25) is 0 Å². The number of fused-ring (bicyclic) bond motifs is 1. The summed E-state index contributed by atoms with van der Waals surface area (Å²) in [5, 5.41) is 3.15. The van der Waals surface area contributed by atoms with Crippen molar-refractivity contribution in [2.75, 3.05) is 51.3 Å². The molecule has 5 nitrogen and oxygen atoms in total. The average molecular weight is 426 g/mol. The Hall–Kier alpha value is -1.85. The van der Waals surface area contributed by atoms with Crippen LogP contribution < -0.4 is 5.32 Å². The molecule has 1 heterocycles. The molecule has 4 aliphatic rings. The quantitative estimate of drug-likeness (QED) is 0.628. The third-order valence-electron chi connectivity index (χ3n) is 7.86. The summed E-state index contributed by atoms with van der Waals surface area (Å²) in [6.07, 6.45) is 4.86. The molecule has 2 bridgehead atoms. The topological polar surface area (TPSA) is 44.8 Å². The largest absolute Gasteiger partial charge is 0.379 e. The molecule has 1 N–H and O–H groups in total. The molecule has 0 radical (unpaired) electrons. The summed E-state index contributed by atoms with van der Waals surface area (Å²) in [4.78, 5) is 17.7. The van der Waals surface area contributed by atoms with Crippen LogP contribution in [0, 0.1) is 17.3 Å². The number of carbonyl (C=O) groups is 1. The van der Waals surface area contributed by atoms with Gasteiger partial charge in [0.25, 0.3) is 0 Å². The Bertz CT molecular complexity index is 793. The maximum Gasteiger partial charge on any atom is 0.322 e. The molecule has 3 aliphatic carbocycles. The molecule has 5 rings (SSSR count). The van der Waals surface area contributed by atoms with Crippen LogP contribution in [-0.4, -0.2) is 61.8 Å². The summed E-state index contributed by atoms with van der Waals surface area (Å²) in [6.45, 7) is 15.0. The highest BCUT2D eigenvalue weighted by Crippen LogP contribution is 2.59. The predicted molar refractivity (Wildman–Crippen MR) is 126 cm³/mol. The highest BCUT2D eigenvalue weighted by atomic mass is 16.5. The maximum absolute atomic E-state index is 13.3. The number of benzene rings is 1. The van der Waals surface area contributed by atoms with E-state index >= 15 is 0 Å². The second-order valence-electron chi connectivity index (χ2n) is 10.4. The van der Waals surface area contributed by atoms with Crippen LogP contribution in [0.5, 0.6) is 0 Å². The molecule has 2 atom stereocenters. The highest BCUT2D eigenvalue weighted by molar-refractivity contribution is 5.89. The van der Waals surface area contributed by atoms with E-state index in [2.05, 4.69) is 56.1 Å². The first-order valence-corrected chi connectivity index (χ1v) is 12.0. The molecule has 2 fully saturated rings. The fourth-order valence-electron chi connectivity index (χ4n) is 5.37. The molecule has 1 saturated carbocycles. The van der Waals surface area contributed by atoms with Gasteiger partial charge in [0, 0.05) is 38.4 Å². The van der Waals surface area contributed by atoms with E-state index in [-0.39, 0.29) is 6.03 Å². The van der Waals surface area contributed by atoms with Crippen LogP contribution in [0.4, 0.5) is 10.5 Å². The van der Waals surface area contributed by atoms with Crippen molar-refractivity contribution in [2.45, 2.75) is 46.5 Å². The summed E-state index contributed by atoms with van der Waals surface area (Å²) in [6, 6.07) is 8.27. The molecule has 2 amide bonds. The van der Waals surface area contributed by atoms with Gasteiger partial charge in [-0.15, -0.1) is 0 Å². The minimum absolute atomic E-state index is 0.00529. The minimum atomic E-state index is 0.00529. The zero-order valence-corrected chi connectivity index (χ0v) is 19.7. The van der Waals surface area contributed by atoms with Crippen molar-refractivity contribution in [3.8, 4) is 0 Å². The Kier molecular flexibility index (Phi) is 6.73. The lowest BCUT2D eigenvalue weighted by atomic mass is 9.49. The van der Waals surface area contributed by atoms with Crippen molar-refractivity contribution in [1.29, 1.82) is 0 Å². The number of hydrogen-bond donors (Lipinski definition) is 1. The van der Waals surface area contributed by atoms with Gasteiger partial charge in [0.05, 0.1) is 13.2 Å². The summed E-state index contributed by atoms with van der Waals surface area (Å²) in [5.74, 6) is 1.93. The summed E-state index contributed by atoms with van der Waals surface area (Å²) in [5.41, 5.74) is 3.99. The molecule has 31 heavy (non-hydrogen) atoms. The zero-order chi connectivity index (χ0) is 22.0. The van der Waals surface area contributed by atoms with Crippen LogP contribution in [-0.2, 0) is 4.74 Å². The van der Waals surface area contributed by atoms with Gasteiger partial charge in [-0.25, -0.2) is 4.79 Å². The molecule has 0 aromatic heterocycles. The molecule has 1 aromatic carbocycles. The Labute approximate surface area is 187 Å². The van der Waals surface area contributed by atoms with Crippen molar-refractivity contribution in [3.05, 3.63) is 41.5 Å². The molecule has 1 aliphatic heterocycles. The van der Waals surface area contributed by atoms with E-state index in [1.54, 1.807) is 0 Å². The summed E-state index contributed by atoms with van der Waals surface area (Å²) in [7, 11) is 0.